The van der Waals surface area contributed by atoms with Gasteiger partial charge in [-0.1, -0.05) is 6.92 Å². The Morgan fingerprint density at radius 1 is 1.29 bits per heavy atom. The van der Waals surface area contributed by atoms with Crippen molar-refractivity contribution in [3.8, 4) is 0 Å². The molecule has 2 saturated heterocycles. The van der Waals surface area contributed by atoms with Gasteiger partial charge in [-0.05, 0) is 37.6 Å². The Balaban J connectivity index is 1.79. The molecule has 174 valence electrons. The van der Waals surface area contributed by atoms with Crippen LogP contribution < -0.4 is 10.2 Å². The summed E-state index contributed by atoms with van der Waals surface area (Å²) in [4.78, 5) is 16.5. The summed E-state index contributed by atoms with van der Waals surface area (Å²) in [7, 11) is -3.11. The van der Waals surface area contributed by atoms with Crippen molar-refractivity contribution in [1.29, 1.82) is 0 Å². The molecule has 1 amide bonds. The number of benzene rings is 1. The summed E-state index contributed by atoms with van der Waals surface area (Å²) >= 11 is 0. The number of rotatable bonds is 7. The van der Waals surface area contributed by atoms with Gasteiger partial charge in [-0.2, -0.15) is 13.2 Å². The van der Waals surface area contributed by atoms with Crippen LogP contribution in [0.5, 0.6) is 0 Å². The second-order valence-electron chi connectivity index (χ2n) is 7.90. The van der Waals surface area contributed by atoms with Gasteiger partial charge in [-0.25, -0.2) is 8.42 Å². The number of halogens is 3. The number of anilines is 2. The first kappa shape index (κ1) is 23.8. The van der Waals surface area contributed by atoms with E-state index in [1.807, 2.05) is 16.7 Å². The van der Waals surface area contributed by atoms with Gasteiger partial charge in [0, 0.05) is 19.1 Å². The van der Waals surface area contributed by atoms with Crippen molar-refractivity contribution >= 4 is 27.1 Å². The largest absolute Gasteiger partial charge is 0.416 e. The maximum atomic E-state index is 13.3. The van der Waals surface area contributed by atoms with Crippen LogP contribution in [0.2, 0.25) is 0 Å². The minimum absolute atomic E-state index is 0.00284. The van der Waals surface area contributed by atoms with Crippen LogP contribution in [0.15, 0.2) is 18.2 Å². The zero-order valence-electron chi connectivity index (χ0n) is 17.5. The summed E-state index contributed by atoms with van der Waals surface area (Å²) in [5, 5.41) is 2.64. The van der Waals surface area contributed by atoms with Crippen LogP contribution in [0.4, 0.5) is 24.5 Å². The quantitative estimate of drug-likeness (QED) is 0.669. The minimum Gasteiger partial charge on any atom is -0.378 e. The molecule has 0 bridgehead atoms. The molecule has 31 heavy (non-hydrogen) atoms. The zero-order valence-corrected chi connectivity index (χ0v) is 18.3. The fourth-order valence-corrected chi connectivity index (χ4v) is 5.77. The maximum absolute atomic E-state index is 13.3. The number of sulfone groups is 1. The van der Waals surface area contributed by atoms with E-state index in [-0.39, 0.29) is 29.8 Å². The predicted octanol–water partition coefficient (Wildman–Crippen LogP) is 2.38. The van der Waals surface area contributed by atoms with Crippen LogP contribution in [0.1, 0.15) is 25.3 Å². The normalized spacial score (nSPS) is 21.5. The van der Waals surface area contributed by atoms with Crippen LogP contribution in [-0.4, -0.2) is 76.2 Å². The number of morpholine rings is 1. The summed E-state index contributed by atoms with van der Waals surface area (Å²) in [5.74, 6) is -0.372. The third kappa shape index (κ3) is 6.33. The van der Waals surface area contributed by atoms with E-state index in [0.29, 0.717) is 45.0 Å². The summed E-state index contributed by atoms with van der Waals surface area (Å²) in [6, 6.07) is 3.08. The first-order valence-electron chi connectivity index (χ1n) is 10.4. The average molecular weight is 464 g/mol. The molecule has 0 radical (unpaired) electrons. The highest BCUT2D eigenvalue weighted by atomic mass is 32.2. The van der Waals surface area contributed by atoms with E-state index in [0.717, 1.165) is 18.6 Å². The molecule has 1 aromatic carbocycles. The zero-order chi connectivity index (χ0) is 22.6. The van der Waals surface area contributed by atoms with E-state index in [9.17, 15) is 26.4 Å². The molecule has 1 aromatic rings. The molecule has 2 heterocycles. The number of carbonyl (C=O) groups excluding carboxylic acids is 1. The third-order valence-electron chi connectivity index (χ3n) is 5.53. The summed E-state index contributed by atoms with van der Waals surface area (Å²) in [6.07, 6.45) is -3.35. The Morgan fingerprint density at radius 2 is 2.00 bits per heavy atom. The van der Waals surface area contributed by atoms with Crippen molar-refractivity contribution in [2.45, 2.75) is 32.0 Å². The van der Waals surface area contributed by atoms with Gasteiger partial charge in [0.1, 0.15) is 0 Å². The van der Waals surface area contributed by atoms with Crippen molar-refractivity contribution in [2.24, 2.45) is 0 Å². The highest BCUT2D eigenvalue weighted by Gasteiger charge is 2.34. The van der Waals surface area contributed by atoms with Gasteiger partial charge in [-0.15, -0.1) is 0 Å². The van der Waals surface area contributed by atoms with Crippen LogP contribution in [0, 0.1) is 0 Å². The highest BCUT2D eigenvalue weighted by molar-refractivity contribution is 7.91. The highest BCUT2D eigenvalue weighted by Crippen LogP contribution is 2.35. The predicted molar refractivity (Wildman–Crippen MR) is 112 cm³/mol. The minimum atomic E-state index is -4.53. The monoisotopic (exact) mass is 463 g/mol. The number of hydrogen-bond acceptors (Lipinski definition) is 6. The van der Waals surface area contributed by atoms with Gasteiger partial charge in [0.25, 0.3) is 0 Å². The van der Waals surface area contributed by atoms with E-state index in [4.69, 9.17) is 4.74 Å². The molecule has 2 fully saturated rings. The molecule has 0 saturated carbocycles. The molecule has 7 nitrogen and oxygen atoms in total. The second kappa shape index (κ2) is 9.74. The SMILES string of the molecule is CCCN(CC(=O)Nc1cc(C(F)(F)F)ccc1N1CCOCC1)C1CCS(=O)(=O)C1. The number of alkyl halides is 3. The summed E-state index contributed by atoms with van der Waals surface area (Å²) in [6.45, 7) is 4.31. The summed E-state index contributed by atoms with van der Waals surface area (Å²) < 4.78 is 68.7. The smallest absolute Gasteiger partial charge is 0.378 e. The molecule has 2 aliphatic rings. The molecule has 0 aromatic heterocycles. The van der Waals surface area contributed by atoms with E-state index in [1.54, 1.807) is 0 Å². The summed E-state index contributed by atoms with van der Waals surface area (Å²) in [5.41, 5.74) is -0.237. The molecular formula is C20H28F3N3O4S. The second-order valence-corrected chi connectivity index (χ2v) is 10.1. The molecule has 0 spiro atoms. The van der Waals surface area contributed by atoms with Gasteiger partial charge in [0.15, 0.2) is 9.84 Å². The van der Waals surface area contributed by atoms with Gasteiger partial charge >= 0.3 is 6.18 Å². The lowest BCUT2D eigenvalue weighted by molar-refractivity contribution is -0.137. The van der Waals surface area contributed by atoms with E-state index in [1.165, 1.54) is 6.07 Å². The number of ether oxygens (including phenoxy) is 1. The van der Waals surface area contributed by atoms with Gasteiger partial charge in [0.05, 0.1) is 48.2 Å². The number of amides is 1. The lowest BCUT2D eigenvalue weighted by Gasteiger charge is -2.31. The molecule has 2 aliphatic heterocycles. The number of nitrogens with one attached hydrogen (secondary N) is 1. The lowest BCUT2D eigenvalue weighted by Crippen LogP contribution is -2.42. The van der Waals surface area contributed by atoms with Crippen LogP contribution in [0.25, 0.3) is 0 Å². The Hall–Kier alpha value is -1.85. The van der Waals surface area contributed by atoms with E-state index >= 15 is 0 Å². The number of hydrogen-bond donors (Lipinski definition) is 1. The third-order valence-corrected chi connectivity index (χ3v) is 7.28. The Bertz CT molecular complexity index is 886. The van der Waals surface area contributed by atoms with Crippen molar-refractivity contribution in [1.82, 2.24) is 4.90 Å². The van der Waals surface area contributed by atoms with Gasteiger partial charge in [-0.3, -0.25) is 9.69 Å². The van der Waals surface area contributed by atoms with Gasteiger partial charge in [0.2, 0.25) is 5.91 Å². The first-order chi connectivity index (χ1) is 14.6. The van der Waals surface area contributed by atoms with Crippen molar-refractivity contribution in [2.75, 3.05) is 61.1 Å². The average Bonchev–Trinajstić information content (AvgIpc) is 3.07. The maximum Gasteiger partial charge on any atom is 0.416 e. The van der Waals surface area contributed by atoms with E-state index < -0.39 is 27.5 Å². The number of carbonyl (C=O) groups is 1. The van der Waals surface area contributed by atoms with E-state index in [2.05, 4.69) is 5.32 Å². The first-order valence-corrected chi connectivity index (χ1v) is 12.2. The van der Waals surface area contributed by atoms with Crippen molar-refractivity contribution in [3.05, 3.63) is 23.8 Å². The molecule has 3 rings (SSSR count). The molecular weight excluding hydrogens is 435 g/mol. The molecule has 1 unspecified atom stereocenters. The molecule has 1 atom stereocenters. The Morgan fingerprint density at radius 3 is 2.58 bits per heavy atom. The standard InChI is InChI=1S/C20H28F3N3O4S/c1-2-6-26(16-5-11-31(28,29)14-16)13-19(27)24-17-12-15(20(21,22)23)3-4-18(17)25-7-9-30-10-8-25/h3-4,12,16H,2,5-11,13-14H2,1H3,(H,24,27). The van der Waals surface area contributed by atoms with Crippen LogP contribution in [0.3, 0.4) is 0 Å². The fourth-order valence-electron chi connectivity index (χ4n) is 4.01. The van der Waals surface area contributed by atoms with Crippen LogP contribution >= 0.6 is 0 Å². The van der Waals surface area contributed by atoms with Gasteiger partial charge < -0.3 is 15.0 Å². The van der Waals surface area contributed by atoms with Crippen molar-refractivity contribution in [3.63, 3.8) is 0 Å². The van der Waals surface area contributed by atoms with Crippen LogP contribution in [-0.2, 0) is 25.5 Å². The topological polar surface area (TPSA) is 79.0 Å². The molecule has 1 N–H and O–H groups in total. The Labute approximate surface area is 180 Å². The number of nitrogens with zero attached hydrogens (tertiary/aromatic N) is 2. The lowest BCUT2D eigenvalue weighted by atomic mass is 10.1. The molecule has 0 aliphatic carbocycles. The fraction of sp³-hybridized carbons (Fsp3) is 0.650. The van der Waals surface area contributed by atoms with Crippen molar-refractivity contribution < 1.29 is 31.1 Å². The Kier molecular flexibility index (Phi) is 7.48. The molecule has 11 heteroatoms.